The highest BCUT2D eigenvalue weighted by atomic mass is 35.5. The van der Waals surface area contributed by atoms with Crippen LogP contribution in [-0.2, 0) is 52.7 Å². The predicted octanol–water partition coefficient (Wildman–Crippen LogP) is 5.46. The Morgan fingerprint density at radius 3 is 1.78 bits per heavy atom. The lowest BCUT2D eigenvalue weighted by molar-refractivity contribution is -0.182. The summed E-state index contributed by atoms with van der Waals surface area (Å²) in [5, 5.41) is 7.42. The van der Waals surface area contributed by atoms with E-state index >= 15 is 9.59 Å². The number of fused-ring (bicyclic) bond motifs is 2. The van der Waals surface area contributed by atoms with Crippen LogP contribution in [0.2, 0.25) is 0 Å². The SMILES string of the molecule is CC[C@H](C)[C@@H]1NC(=O)[C@H](C)N(C)C(=O)C[C@@H](C)NC(=O)[C@H](C2CCCCC2)N(C)C(=O)C(C)(C)N(C)C(=O)[C@@H]2CCCN2C(=O)[C@H](CCC2CCC(C(F)(F)F)C(Cl)C2)NC(=O)CN(C)C(=O)[C@H](CC2CCCCC2)N(C)C(=O)[C@@H]2CCN2C(=O)[C@H](C)N(C)C1=O. The maximum atomic E-state index is 15.1. The van der Waals surface area contributed by atoms with Crippen LogP contribution in [0.5, 0.6) is 0 Å². The van der Waals surface area contributed by atoms with Gasteiger partial charge in [0.25, 0.3) is 0 Å². The molecule has 3 N–H and O–H groups in total. The Labute approximate surface area is 541 Å². The maximum absolute atomic E-state index is 15.1. The Morgan fingerprint density at radius 2 is 1.20 bits per heavy atom. The second-order valence-electron chi connectivity index (χ2n) is 28.0. The Morgan fingerprint density at radius 1 is 0.593 bits per heavy atom. The average Bonchev–Trinajstić information content (AvgIpc) is 2.29. The van der Waals surface area contributed by atoms with Crippen molar-refractivity contribution in [3.8, 4) is 0 Å². The number of likely N-dealkylation sites (N-methyl/N-ethyl adjacent to an activating group) is 6. The molecule has 0 aromatic heterocycles. The third kappa shape index (κ3) is 17.7. The van der Waals surface area contributed by atoms with Gasteiger partial charge >= 0.3 is 6.18 Å². The molecule has 0 aromatic carbocycles. The summed E-state index contributed by atoms with van der Waals surface area (Å²) >= 11 is 6.37. The van der Waals surface area contributed by atoms with Gasteiger partial charge in [0.1, 0.15) is 53.9 Å². The fourth-order valence-corrected chi connectivity index (χ4v) is 15.0. The summed E-state index contributed by atoms with van der Waals surface area (Å²) in [4.78, 5) is 171. The lowest BCUT2D eigenvalue weighted by atomic mass is 9.78. The van der Waals surface area contributed by atoms with Crippen molar-refractivity contribution < 1.29 is 65.9 Å². The molecule has 6 fully saturated rings. The van der Waals surface area contributed by atoms with Crippen molar-refractivity contribution in [1.29, 1.82) is 0 Å². The van der Waals surface area contributed by atoms with E-state index in [0.717, 1.165) is 51.4 Å². The van der Waals surface area contributed by atoms with E-state index in [1.165, 1.54) is 95.3 Å². The first kappa shape index (κ1) is 74.3. The fraction of sp³-hybridized carbons (Fsp3) is 0.831. The number of nitrogens with one attached hydrogen (secondary N) is 3. The highest BCUT2D eigenvalue weighted by Gasteiger charge is 2.51. The predicted molar refractivity (Wildman–Crippen MR) is 336 cm³/mol. The molecule has 3 unspecified atom stereocenters. The third-order valence-corrected chi connectivity index (χ3v) is 21.9. The summed E-state index contributed by atoms with van der Waals surface area (Å²) in [5.41, 5.74) is -1.61. The zero-order chi connectivity index (χ0) is 67.7. The lowest BCUT2D eigenvalue weighted by Crippen LogP contribution is -2.65. The molecule has 22 nitrogen and oxygen atoms in total. The molecule has 0 radical (unpaired) electrons. The van der Waals surface area contributed by atoms with Crippen molar-refractivity contribution in [1.82, 2.24) is 55.1 Å². The quantitative estimate of drug-likeness (QED) is 0.257. The van der Waals surface area contributed by atoms with E-state index in [1.54, 1.807) is 27.7 Å². The molecule has 3 aliphatic carbocycles. The Kier molecular flexibility index (Phi) is 26.1. The first-order valence-electron chi connectivity index (χ1n) is 33.4. The molecule has 3 saturated carbocycles. The Balaban J connectivity index is 1.35. The van der Waals surface area contributed by atoms with E-state index < -0.39 is 155 Å². The fourth-order valence-electron chi connectivity index (χ4n) is 14.5. The van der Waals surface area contributed by atoms with E-state index in [1.807, 2.05) is 6.92 Å². The van der Waals surface area contributed by atoms with E-state index in [0.29, 0.717) is 25.7 Å². The number of amides is 11. The van der Waals surface area contributed by atoms with Crippen molar-refractivity contribution in [3.05, 3.63) is 0 Å². The molecule has 3 aliphatic heterocycles. The van der Waals surface area contributed by atoms with Gasteiger partial charge in [-0.15, -0.1) is 11.6 Å². The van der Waals surface area contributed by atoms with Gasteiger partial charge < -0.3 is 55.1 Å². The molecular formula is C65H105ClF3N11O11. The molecule has 3 saturated heterocycles. The van der Waals surface area contributed by atoms with Gasteiger partial charge in [-0.05, 0) is 129 Å². The lowest BCUT2D eigenvalue weighted by Gasteiger charge is -2.45. The summed E-state index contributed by atoms with van der Waals surface area (Å²) in [6, 6.07) is -9.64. The minimum absolute atomic E-state index is 0.0146. The van der Waals surface area contributed by atoms with Gasteiger partial charge in [-0.25, -0.2) is 0 Å². The van der Waals surface area contributed by atoms with Gasteiger partial charge in [0, 0.05) is 73.2 Å². The van der Waals surface area contributed by atoms with Crippen molar-refractivity contribution in [2.45, 2.75) is 255 Å². The molecule has 13 atom stereocenters. The van der Waals surface area contributed by atoms with Crippen molar-refractivity contribution in [2.24, 2.45) is 29.6 Å². The number of rotatable bonds is 8. The molecule has 0 aromatic rings. The minimum Gasteiger partial charge on any atom is -0.351 e. The molecular weight excluding hydrogens is 1200 g/mol. The zero-order valence-electron chi connectivity index (χ0n) is 56.2. The number of hydrogen-bond acceptors (Lipinski definition) is 11. The molecule has 26 heteroatoms. The molecule has 6 aliphatic rings. The molecule has 0 bridgehead atoms. The van der Waals surface area contributed by atoms with Gasteiger partial charge in [-0.2, -0.15) is 13.2 Å². The van der Waals surface area contributed by atoms with Gasteiger partial charge in [0.05, 0.1) is 12.5 Å². The first-order chi connectivity index (χ1) is 42.6. The molecule has 11 amide bonds. The van der Waals surface area contributed by atoms with Gasteiger partial charge in [0.2, 0.25) is 65.0 Å². The number of halogens is 4. The smallest absolute Gasteiger partial charge is 0.351 e. The molecule has 91 heavy (non-hydrogen) atoms. The summed E-state index contributed by atoms with van der Waals surface area (Å²) in [6.07, 6.45) is 5.21. The number of carbonyl (C=O) groups excluding carboxylic acids is 11. The molecule has 0 spiro atoms. The van der Waals surface area contributed by atoms with Crippen LogP contribution in [0.4, 0.5) is 13.2 Å². The van der Waals surface area contributed by atoms with Crippen LogP contribution < -0.4 is 16.0 Å². The van der Waals surface area contributed by atoms with E-state index in [-0.39, 0.29) is 88.6 Å². The molecule has 514 valence electrons. The van der Waals surface area contributed by atoms with Crippen LogP contribution in [0, 0.1) is 29.6 Å². The summed E-state index contributed by atoms with van der Waals surface area (Å²) in [5.74, 6) is -9.09. The van der Waals surface area contributed by atoms with E-state index in [2.05, 4.69) is 16.0 Å². The van der Waals surface area contributed by atoms with Crippen LogP contribution in [0.25, 0.3) is 0 Å². The topological polar surface area (TPSA) is 250 Å². The first-order valence-corrected chi connectivity index (χ1v) is 33.9. The largest absolute Gasteiger partial charge is 0.393 e. The summed E-state index contributed by atoms with van der Waals surface area (Å²) < 4.78 is 41.8. The van der Waals surface area contributed by atoms with Gasteiger partial charge in [-0.3, -0.25) is 52.7 Å². The van der Waals surface area contributed by atoms with E-state index in [9.17, 15) is 56.3 Å². The van der Waals surface area contributed by atoms with Crippen LogP contribution in [0.3, 0.4) is 0 Å². The average molecular weight is 1310 g/mol. The van der Waals surface area contributed by atoms with Crippen LogP contribution in [0.1, 0.15) is 183 Å². The number of nitrogens with zero attached hydrogens (tertiary/aromatic N) is 8. The summed E-state index contributed by atoms with van der Waals surface area (Å²) in [7, 11) is 8.76. The Bertz CT molecular complexity index is 2640. The van der Waals surface area contributed by atoms with Gasteiger partial charge in [-0.1, -0.05) is 71.6 Å². The number of carbonyl (C=O) groups is 11. The maximum Gasteiger partial charge on any atom is 0.393 e. The highest BCUT2D eigenvalue weighted by molar-refractivity contribution is 6.20. The number of hydrogen-bond donors (Lipinski definition) is 3. The standard InChI is InChI=1S/C65H105ClF3N11O11/c1-14-38(2)53-62(90)75(10)41(5)57(85)80-33-31-49(80)60(88)76(11)50(36-42-22-17-15-18-23-42)59(87)73(8)37-51(81)71-47(30-28-43-27-29-45(46(66)35-43)65(67,68)69)58(86)79-32-21-26-48(79)61(89)78(13)64(6,7)63(91)77(12)54(44-24-19-16-20-25-44)56(84)70-39(3)34-52(82)74(9)40(4)55(83)72-53/h38-50,53-54H,14-37H2,1-13H3,(H,70,84)(H,71,81)(H,72,83)/t38-,39+,40-,41-,43?,45?,46?,47-,48-,49-,50-,53-,54-/m0/s1. The zero-order valence-corrected chi connectivity index (χ0v) is 57.0. The van der Waals surface area contributed by atoms with Crippen LogP contribution in [-0.4, -0.2) is 238 Å². The van der Waals surface area contributed by atoms with Crippen molar-refractivity contribution in [2.75, 3.05) is 61.9 Å². The second kappa shape index (κ2) is 31.9. The van der Waals surface area contributed by atoms with Crippen LogP contribution >= 0.6 is 11.6 Å². The normalized spacial score (nSPS) is 32.3. The van der Waals surface area contributed by atoms with Crippen molar-refractivity contribution >= 4 is 76.6 Å². The number of alkyl halides is 4. The summed E-state index contributed by atoms with van der Waals surface area (Å²) in [6.45, 7) is 11.1. The van der Waals surface area contributed by atoms with Crippen molar-refractivity contribution in [3.63, 3.8) is 0 Å². The Hall–Kier alpha value is -5.75. The molecule has 3 heterocycles. The molecule has 6 rings (SSSR count). The van der Waals surface area contributed by atoms with Gasteiger partial charge in [0.15, 0.2) is 0 Å². The van der Waals surface area contributed by atoms with Crippen LogP contribution in [0.15, 0.2) is 0 Å². The van der Waals surface area contributed by atoms with E-state index in [4.69, 9.17) is 11.6 Å². The highest BCUT2D eigenvalue weighted by Crippen LogP contribution is 2.44. The second-order valence-corrected chi connectivity index (χ2v) is 28.5. The third-order valence-electron chi connectivity index (χ3n) is 21.4. The minimum atomic E-state index is -4.49. The monoisotopic (exact) mass is 1310 g/mol.